The first-order chi connectivity index (χ1) is 8.43. The lowest BCUT2D eigenvalue weighted by Crippen LogP contribution is -2.56. The molecule has 2 rings (SSSR count). The summed E-state index contributed by atoms with van der Waals surface area (Å²) in [6.07, 6.45) is 3.02. The van der Waals surface area contributed by atoms with Crippen LogP contribution in [0.3, 0.4) is 0 Å². The average molecular weight is 251 g/mol. The minimum absolute atomic E-state index is 0.193. The predicted octanol–water partition coefficient (Wildman–Crippen LogP) is 1.99. The molecule has 0 saturated carbocycles. The lowest BCUT2D eigenvalue weighted by molar-refractivity contribution is -0.148. The van der Waals surface area contributed by atoms with Gasteiger partial charge in [0.2, 0.25) is 0 Å². The van der Waals surface area contributed by atoms with Crippen LogP contribution in [0.25, 0.3) is 0 Å². The molecule has 5 nitrogen and oxygen atoms in total. The number of likely N-dealkylation sites (tertiary alicyclic amines) is 1. The van der Waals surface area contributed by atoms with Gasteiger partial charge in [-0.2, -0.15) is 0 Å². The van der Waals surface area contributed by atoms with E-state index in [1.807, 2.05) is 13.8 Å². The van der Waals surface area contributed by atoms with Crippen molar-refractivity contribution in [3.63, 3.8) is 0 Å². The fourth-order valence-electron chi connectivity index (χ4n) is 2.62. The molecule has 1 N–H and O–H groups in total. The van der Waals surface area contributed by atoms with Crippen LogP contribution in [0.5, 0.6) is 0 Å². The highest BCUT2D eigenvalue weighted by Crippen LogP contribution is 2.36. The van der Waals surface area contributed by atoms with Crippen molar-refractivity contribution in [1.29, 1.82) is 0 Å². The third kappa shape index (κ3) is 2.12. The lowest BCUT2D eigenvalue weighted by atomic mass is 9.76. The Balaban J connectivity index is 2.30. The van der Waals surface area contributed by atoms with E-state index in [2.05, 4.69) is 0 Å². The molecule has 1 aromatic heterocycles. The number of carboxylic acid groups (broad SMARTS) is 1. The van der Waals surface area contributed by atoms with Gasteiger partial charge in [-0.15, -0.1) is 0 Å². The fourth-order valence-corrected chi connectivity index (χ4v) is 2.62. The molecular formula is C13H17NO4. The first-order valence-corrected chi connectivity index (χ1v) is 6.01. The van der Waals surface area contributed by atoms with E-state index in [4.69, 9.17) is 4.42 Å². The summed E-state index contributed by atoms with van der Waals surface area (Å²) in [6.45, 7) is 4.22. The molecule has 0 aromatic carbocycles. The zero-order chi connectivity index (χ0) is 13.3. The number of piperidine rings is 1. The summed E-state index contributed by atoms with van der Waals surface area (Å²) in [7, 11) is 0. The minimum Gasteiger partial charge on any atom is -0.480 e. The van der Waals surface area contributed by atoms with Crippen LogP contribution < -0.4 is 0 Å². The highest BCUT2D eigenvalue weighted by Gasteiger charge is 2.45. The predicted molar refractivity (Wildman–Crippen MR) is 64.2 cm³/mol. The summed E-state index contributed by atoms with van der Waals surface area (Å²) in [5, 5.41) is 9.37. The Morgan fingerprint density at radius 3 is 2.78 bits per heavy atom. The Kier molecular flexibility index (Phi) is 3.15. The highest BCUT2D eigenvalue weighted by atomic mass is 16.4. The molecule has 1 saturated heterocycles. The maximum Gasteiger partial charge on any atom is 0.326 e. The fraction of sp³-hybridized carbons (Fsp3) is 0.538. The molecule has 0 bridgehead atoms. The molecule has 1 aliphatic heterocycles. The van der Waals surface area contributed by atoms with Gasteiger partial charge in [-0.25, -0.2) is 4.79 Å². The number of hydrogen-bond donors (Lipinski definition) is 1. The topological polar surface area (TPSA) is 70.8 Å². The number of carbonyl (C=O) groups excluding carboxylic acids is 1. The Morgan fingerprint density at radius 2 is 2.22 bits per heavy atom. The van der Waals surface area contributed by atoms with E-state index in [1.54, 1.807) is 12.1 Å². The van der Waals surface area contributed by atoms with E-state index >= 15 is 0 Å². The van der Waals surface area contributed by atoms with Gasteiger partial charge < -0.3 is 14.4 Å². The normalized spacial score (nSPS) is 22.8. The molecule has 5 heteroatoms. The Hall–Kier alpha value is -1.78. The summed E-state index contributed by atoms with van der Waals surface area (Å²) in [6, 6.07) is 2.38. The SMILES string of the molecule is CC1(C)CCCN(C(=O)c2ccco2)C1C(=O)O. The molecule has 98 valence electrons. The molecule has 1 amide bonds. The van der Waals surface area contributed by atoms with Gasteiger partial charge in [0.1, 0.15) is 6.04 Å². The number of aliphatic carboxylic acids is 1. The van der Waals surface area contributed by atoms with Crippen molar-refractivity contribution < 1.29 is 19.1 Å². The second-order valence-corrected chi connectivity index (χ2v) is 5.31. The summed E-state index contributed by atoms with van der Waals surface area (Å²) in [5.41, 5.74) is -0.424. The zero-order valence-corrected chi connectivity index (χ0v) is 10.5. The minimum atomic E-state index is -0.959. The van der Waals surface area contributed by atoms with Crippen molar-refractivity contribution in [3.05, 3.63) is 24.2 Å². The lowest BCUT2D eigenvalue weighted by Gasteiger charge is -2.43. The highest BCUT2D eigenvalue weighted by molar-refractivity contribution is 5.94. The number of rotatable bonds is 2. The second kappa shape index (κ2) is 4.48. The number of furan rings is 1. The van der Waals surface area contributed by atoms with Crippen LogP contribution >= 0.6 is 0 Å². The van der Waals surface area contributed by atoms with Gasteiger partial charge in [-0.05, 0) is 30.4 Å². The van der Waals surface area contributed by atoms with Crippen LogP contribution in [-0.2, 0) is 4.79 Å². The molecule has 2 heterocycles. The second-order valence-electron chi connectivity index (χ2n) is 5.31. The van der Waals surface area contributed by atoms with Gasteiger partial charge in [-0.1, -0.05) is 13.8 Å². The monoisotopic (exact) mass is 251 g/mol. The molecule has 18 heavy (non-hydrogen) atoms. The number of nitrogens with zero attached hydrogens (tertiary/aromatic N) is 1. The standard InChI is InChI=1S/C13H17NO4/c1-13(2)6-4-7-14(10(13)12(16)17)11(15)9-5-3-8-18-9/h3,5,8,10H,4,6-7H2,1-2H3,(H,16,17). The summed E-state index contributed by atoms with van der Waals surface area (Å²) < 4.78 is 5.06. The number of carbonyl (C=O) groups is 2. The smallest absolute Gasteiger partial charge is 0.326 e. The van der Waals surface area contributed by atoms with E-state index in [0.717, 1.165) is 12.8 Å². The quantitative estimate of drug-likeness (QED) is 0.872. The molecule has 1 atom stereocenters. The molecule has 1 aliphatic rings. The Labute approximate surface area is 105 Å². The molecular weight excluding hydrogens is 234 g/mol. The van der Waals surface area contributed by atoms with Gasteiger partial charge in [0.05, 0.1) is 6.26 Å². The molecule has 1 fully saturated rings. The molecule has 0 aliphatic carbocycles. The van der Waals surface area contributed by atoms with Crippen LogP contribution in [0, 0.1) is 5.41 Å². The van der Waals surface area contributed by atoms with Crippen molar-refractivity contribution >= 4 is 11.9 Å². The van der Waals surface area contributed by atoms with Gasteiger partial charge in [0, 0.05) is 6.54 Å². The summed E-state index contributed by atoms with van der Waals surface area (Å²) >= 11 is 0. The van der Waals surface area contributed by atoms with Gasteiger partial charge in [-0.3, -0.25) is 4.79 Å². The number of hydrogen-bond acceptors (Lipinski definition) is 3. The van der Waals surface area contributed by atoms with Crippen LogP contribution in [0.15, 0.2) is 22.8 Å². The van der Waals surface area contributed by atoms with E-state index in [9.17, 15) is 14.7 Å². The first-order valence-electron chi connectivity index (χ1n) is 6.01. The van der Waals surface area contributed by atoms with Crippen LogP contribution in [0.1, 0.15) is 37.2 Å². The van der Waals surface area contributed by atoms with Crippen molar-refractivity contribution in [2.75, 3.05) is 6.54 Å². The zero-order valence-electron chi connectivity index (χ0n) is 10.5. The average Bonchev–Trinajstić information content (AvgIpc) is 2.79. The van der Waals surface area contributed by atoms with Crippen molar-refractivity contribution in [2.24, 2.45) is 5.41 Å². The van der Waals surface area contributed by atoms with Crippen molar-refractivity contribution in [3.8, 4) is 0 Å². The van der Waals surface area contributed by atoms with Crippen LogP contribution in [0.4, 0.5) is 0 Å². The van der Waals surface area contributed by atoms with Crippen molar-refractivity contribution in [1.82, 2.24) is 4.90 Å². The third-order valence-corrected chi connectivity index (χ3v) is 3.50. The summed E-state index contributed by atoms with van der Waals surface area (Å²) in [4.78, 5) is 25.1. The van der Waals surface area contributed by atoms with E-state index in [-0.39, 0.29) is 11.7 Å². The maximum atomic E-state index is 12.2. The van der Waals surface area contributed by atoms with Crippen LogP contribution in [0.2, 0.25) is 0 Å². The van der Waals surface area contributed by atoms with E-state index < -0.39 is 17.4 Å². The Bertz CT molecular complexity index is 450. The number of amides is 1. The molecule has 0 spiro atoms. The van der Waals surface area contributed by atoms with Gasteiger partial charge in [0.15, 0.2) is 5.76 Å². The molecule has 0 radical (unpaired) electrons. The van der Waals surface area contributed by atoms with Crippen LogP contribution in [-0.4, -0.2) is 34.5 Å². The van der Waals surface area contributed by atoms with Gasteiger partial charge >= 0.3 is 5.97 Å². The van der Waals surface area contributed by atoms with Crippen molar-refractivity contribution in [2.45, 2.75) is 32.7 Å². The molecule has 1 unspecified atom stereocenters. The molecule has 1 aromatic rings. The third-order valence-electron chi connectivity index (χ3n) is 3.50. The Morgan fingerprint density at radius 1 is 1.50 bits per heavy atom. The summed E-state index contributed by atoms with van der Waals surface area (Å²) in [5.74, 6) is -1.11. The first kappa shape index (κ1) is 12.7. The largest absolute Gasteiger partial charge is 0.480 e. The van der Waals surface area contributed by atoms with Gasteiger partial charge in [0.25, 0.3) is 5.91 Å². The van der Waals surface area contributed by atoms with E-state index in [1.165, 1.54) is 11.2 Å². The van der Waals surface area contributed by atoms with E-state index in [0.29, 0.717) is 6.54 Å². The number of carboxylic acids is 1. The maximum absolute atomic E-state index is 12.2.